The fraction of sp³-hybridized carbons (Fsp3) is 0.200. The summed E-state index contributed by atoms with van der Waals surface area (Å²) in [6.45, 7) is 1.97. The van der Waals surface area contributed by atoms with Crippen molar-refractivity contribution in [2.24, 2.45) is 0 Å². The summed E-state index contributed by atoms with van der Waals surface area (Å²) in [5, 5.41) is 9.46. The summed E-state index contributed by atoms with van der Waals surface area (Å²) in [6.07, 6.45) is 3.62. The molecule has 9 heteroatoms. The zero-order chi connectivity index (χ0) is 24.0. The van der Waals surface area contributed by atoms with Crippen LogP contribution >= 0.6 is 34.5 Å². The molecule has 174 valence electrons. The Morgan fingerprint density at radius 3 is 2.56 bits per heavy atom. The van der Waals surface area contributed by atoms with Crippen LogP contribution in [0.15, 0.2) is 59.6 Å². The Balaban J connectivity index is 1.64. The number of hydrogen-bond acceptors (Lipinski definition) is 6. The highest BCUT2D eigenvalue weighted by Gasteiger charge is 2.32. The third-order valence-electron chi connectivity index (χ3n) is 5.91. The summed E-state index contributed by atoms with van der Waals surface area (Å²) in [7, 11) is -3.83. The number of thiophene rings is 1. The van der Waals surface area contributed by atoms with Crippen molar-refractivity contribution in [1.82, 2.24) is 4.37 Å². The first-order chi connectivity index (χ1) is 16.2. The number of carbonyl (C=O) groups is 1. The predicted octanol–water partition coefficient (Wildman–Crippen LogP) is 7.05. The Kier molecular flexibility index (Phi) is 6.10. The molecule has 0 spiro atoms. The van der Waals surface area contributed by atoms with Gasteiger partial charge in [-0.2, -0.15) is 0 Å². The second-order valence-electron chi connectivity index (χ2n) is 8.40. The van der Waals surface area contributed by atoms with Gasteiger partial charge in [0.1, 0.15) is 0 Å². The summed E-state index contributed by atoms with van der Waals surface area (Å²) in [5.74, 6) is -1.23. The first-order valence-corrected chi connectivity index (χ1v) is 14.3. The summed E-state index contributed by atoms with van der Waals surface area (Å²) in [6, 6.07) is 13.9. The van der Waals surface area contributed by atoms with Crippen LogP contribution in [0, 0.1) is 6.92 Å². The summed E-state index contributed by atoms with van der Waals surface area (Å²) in [5.41, 5.74) is 4.05. The van der Waals surface area contributed by atoms with Gasteiger partial charge in [-0.05, 0) is 95.4 Å². The largest absolute Gasteiger partial charge is 0.478 e. The van der Waals surface area contributed by atoms with Crippen LogP contribution in [0.3, 0.4) is 0 Å². The zero-order valence-electron chi connectivity index (χ0n) is 18.1. The number of rotatable bonds is 7. The third kappa shape index (κ3) is 4.55. The highest BCUT2D eigenvalue weighted by molar-refractivity contribution is 7.90. The molecule has 1 fully saturated rings. The Bertz CT molecular complexity index is 1520. The van der Waals surface area contributed by atoms with Crippen molar-refractivity contribution in [1.29, 1.82) is 0 Å². The van der Waals surface area contributed by atoms with Gasteiger partial charge in [-0.15, -0.1) is 11.3 Å². The smallest absolute Gasteiger partial charge is 0.335 e. The molecule has 0 radical (unpaired) electrons. The minimum Gasteiger partial charge on any atom is -0.478 e. The van der Waals surface area contributed by atoms with E-state index in [1.807, 2.05) is 31.2 Å². The van der Waals surface area contributed by atoms with Gasteiger partial charge in [-0.1, -0.05) is 29.8 Å². The number of halogens is 1. The normalized spacial score (nSPS) is 13.8. The van der Waals surface area contributed by atoms with E-state index in [0.717, 1.165) is 39.3 Å². The monoisotopic (exact) mass is 529 g/mol. The number of hydrogen-bond donors (Lipinski definition) is 1. The highest BCUT2D eigenvalue weighted by atomic mass is 35.5. The zero-order valence-corrected chi connectivity index (χ0v) is 21.3. The summed E-state index contributed by atoms with van der Waals surface area (Å²) >= 11 is 8.93. The molecule has 1 aliphatic rings. The molecule has 0 saturated heterocycles. The van der Waals surface area contributed by atoms with Crippen LogP contribution in [0.25, 0.3) is 20.9 Å². The maximum Gasteiger partial charge on any atom is 0.335 e. The van der Waals surface area contributed by atoms with Gasteiger partial charge in [-0.3, -0.25) is 0 Å². The lowest BCUT2D eigenvalue weighted by atomic mass is 10.0. The molecular formula is C25H20ClNO4S3. The lowest BCUT2D eigenvalue weighted by molar-refractivity contribution is 0.0696. The second kappa shape index (κ2) is 8.92. The maximum absolute atomic E-state index is 13.8. The van der Waals surface area contributed by atoms with Gasteiger partial charge < -0.3 is 5.11 Å². The van der Waals surface area contributed by atoms with Crippen molar-refractivity contribution in [3.63, 3.8) is 0 Å². The molecule has 0 atom stereocenters. The van der Waals surface area contributed by atoms with Crippen LogP contribution in [-0.2, 0) is 15.6 Å². The molecule has 0 bridgehead atoms. The average molecular weight is 530 g/mol. The molecule has 0 amide bonds. The first kappa shape index (κ1) is 23.2. The second-order valence-corrected chi connectivity index (χ2v) is 12.9. The van der Waals surface area contributed by atoms with Crippen molar-refractivity contribution in [2.75, 3.05) is 0 Å². The van der Waals surface area contributed by atoms with E-state index in [0.29, 0.717) is 15.5 Å². The number of carboxylic acid groups (broad SMARTS) is 1. The first-order valence-electron chi connectivity index (χ1n) is 10.6. The topological polar surface area (TPSA) is 84.3 Å². The van der Waals surface area contributed by atoms with Gasteiger partial charge in [0, 0.05) is 11.1 Å². The molecule has 1 N–H and O–H groups in total. The van der Waals surface area contributed by atoms with E-state index in [4.69, 9.17) is 11.6 Å². The number of nitrogens with zero attached hydrogens (tertiary/aromatic N) is 1. The number of aryl methyl sites for hydroxylation is 1. The van der Waals surface area contributed by atoms with E-state index >= 15 is 0 Å². The molecule has 0 unspecified atom stereocenters. The van der Waals surface area contributed by atoms with E-state index in [2.05, 4.69) is 4.37 Å². The van der Waals surface area contributed by atoms with Crippen molar-refractivity contribution < 1.29 is 18.3 Å². The molecule has 0 aliphatic heterocycles. The SMILES string of the molecule is Cc1cnsc1-c1ccc(-c2ccc(Cl)s2)c(CS(=O)(=O)c2cc(C(=O)O)ccc2C2CC2)c1. The van der Waals surface area contributed by atoms with Crippen molar-refractivity contribution in [3.05, 3.63) is 81.3 Å². The Morgan fingerprint density at radius 1 is 1.15 bits per heavy atom. The Labute approximate surface area is 210 Å². The van der Waals surface area contributed by atoms with Crippen molar-refractivity contribution in [3.8, 4) is 20.9 Å². The molecular weight excluding hydrogens is 510 g/mol. The third-order valence-corrected chi connectivity index (χ3v) is 9.84. The molecule has 2 aromatic heterocycles. The lowest BCUT2D eigenvalue weighted by Gasteiger charge is -2.14. The van der Waals surface area contributed by atoms with E-state index in [9.17, 15) is 18.3 Å². The molecule has 2 aromatic carbocycles. The van der Waals surface area contributed by atoms with Gasteiger partial charge in [-0.25, -0.2) is 17.6 Å². The summed E-state index contributed by atoms with van der Waals surface area (Å²) in [4.78, 5) is 13.6. The lowest BCUT2D eigenvalue weighted by Crippen LogP contribution is -2.10. The fourth-order valence-electron chi connectivity index (χ4n) is 4.07. The maximum atomic E-state index is 13.8. The predicted molar refractivity (Wildman–Crippen MR) is 137 cm³/mol. The van der Waals surface area contributed by atoms with Gasteiger partial charge >= 0.3 is 5.97 Å². The van der Waals surface area contributed by atoms with Crippen molar-refractivity contribution in [2.45, 2.75) is 36.3 Å². The van der Waals surface area contributed by atoms with Crippen LogP contribution in [0.4, 0.5) is 0 Å². The number of aromatic nitrogens is 1. The highest BCUT2D eigenvalue weighted by Crippen LogP contribution is 2.44. The number of aromatic carboxylic acids is 1. The van der Waals surface area contributed by atoms with Crippen LogP contribution in [0.1, 0.15) is 45.8 Å². The van der Waals surface area contributed by atoms with Crippen LogP contribution < -0.4 is 0 Å². The minimum absolute atomic E-state index is 0.0257. The molecule has 34 heavy (non-hydrogen) atoms. The van der Waals surface area contributed by atoms with Crippen molar-refractivity contribution >= 4 is 50.3 Å². The van der Waals surface area contributed by atoms with E-state index < -0.39 is 15.8 Å². The van der Waals surface area contributed by atoms with Crippen LogP contribution in [0.5, 0.6) is 0 Å². The van der Waals surface area contributed by atoms with E-state index in [1.165, 1.54) is 35.0 Å². The quantitative estimate of drug-likeness (QED) is 0.277. The molecule has 1 aliphatic carbocycles. The number of carboxylic acids is 1. The van der Waals surface area contributed by atoms with Gasteiger partial charge in [0.2, 0.25) is 0 Å². The van der Waals surface area contributed by atoms with Gasteiger partial charge in [0.15, 0.2) is 9.84 Å². The molecule has 2 heterocycles. The van der Waals surface area contributed by atoms with Gasteiger partial charge in [0.25, 0.3) is 0 Å². The fourth-order valence-corrected chi connectivity index (χ4v) is 7.63. The number of sulfone groups is 1. The van der Waals surface area contributed by atoms with E-state index in [1.54, 1.807) is 18.3 Å². The Hall–Kier alpha value is -2.52. The van der Waals surface area contributed by atoms with E-state index in [-0.39, 0.29) is 22.1 Å². The standard InChI is InChI=1S/C25H20ClNO4S3/c1-14-12-27-33-24(14)16-4-6-19(21-8-9-23(26)32-21)18(10-16)13-34(30,31)22-11-17(25(28)29)5-7-20(22)15-2-3-15/h4-12,15H,2-3,13H2,1H3,(H,28,29). The van der Waals surface area contributed by atoms with Crippen LogP contribution in [0.2, 0.25) is 4.34 Å². The van der Waals surface area contributed by atoms with Crippen LogP contribution in [-0.4, -0.2) is 23.9 Å². The molecule has 5 nitrogen and oxygen atoms in total. The van der Waals surface area contributed by atoms with Gasteiger partial charge in [0.05, 0.1) is 25.4 Å². The minimum atomic E-state index is -3.83. The molecule has 5 rings (SSSR count). The molecule has 4 aromatic rings. The molecule has 1 saturated carbocycles. The average Bonchev–Trinajstić information content (AvgIpc) is 3.42. The number of benzene rings is 2. The Morgan fingerprint density at radius 2 is 1.94 bits per heavy atom. The summed E-state index contributed by atoms with van der Waals surface area (Å²) < 4.78 is 32.4.